The van der Waals surface area contributed by atoms with Crippen molar-refractivity contribution in [3.63, 3.8) is 0 Å². The van der Waals surface area contributed by atoms with Crippen LogP contribution in [-0.4, -0.2) is 49.7 Å². The van der Waals surface area contributed by atoms with Crippen molar-refractivity contribution in [3.05, 3.63) is 44.4 Å². The lowest BCUT2D eigenvalue weighted by atomic mass is 9.68. The Balaban J connectivity index is 1.37. The summed E-state index contributed by atoms with van der Waals surface area (Å²) >= 11 is 2.84. The largest absolute Gasteiger partial charge is 0.508 e. The van der Waals surface area contributed by atoms with Crippen molar-refractivity contribution in [1.29, 1.82) is 0 Å². The molecule has 3 heterocycles. The molecule has 6 rings (SSSR count). The molecule has 2 bridgehead atoms. The van der Waals surface area contributed by atoms with E-state index in [0.29, 0.717) is 0 Å². The first-order valence-corrected chi connectivity index (χ1v) is 12.8. The van der Waals surface area contributed by atoms with Crippen LogP contribution in [0.25, 0.3) is 0 Å². The van der Waals surface area contributed by atoms with Crippen LogP contribution in [0.15, 0.2) is 34.1 Å². The Kier molecular flexibility index (Phi) is 4.74. The van der Waals surface area contributed by atoms with Crippen LogP contribution < -0.4 is 4.87 Å². The third kappa shape index (κ3) is 3.03. The number of aromatic hydroxyl groups is 1. The van der Waals surface area contributed by atoms with Gasteiger partial charge >= 0.3 is 10.8 Å². The number of likely N-dealkylation sites (tertiary alicyclic amines) is 1. The van der Waals surface area contributed by atoms with Gasteiger partial charge in [0.2, 0.25) is 11.8 Å². The van der Waals surface area contributed by atoms with Crippen LogP contribution in [0.1, 0.15) is 35.6 Å². The summed E-state index contributed by atoms with van der Waals surface area (Å²) in [6.45, 7) is 0.154. The number of hydrogen-bond donors (Lipinski definition) is 3. The molecule has 2 aliphatic carbocycles. The number of imide groups is 1. The number of aromatic nitrogens is 1. The lowest BCUT2D eigenvalue weighted by molar-refractivity contribution is -0.142. The summed E-state index contributed by atoms with van der Waals surface area (Å²) in [6, 6.07) is 7.05. The van der Waals surface area contributed by atoms with Gasteiger partial charge in [0.05, 0.1) is 16.9 Å². The number of nitrogens with one attached hydrogen (secondary N) is 1. The smallest absolute Gasteiger partial charge is 0.305 e. The van der Waals surface area contributed by atoms with E-state index < -0.39 is 5.97 Å². The summed E-state index contributed by atoms with van der Waals surface area (Å²) in [5.74, 6) is -1.69. The molecule has 2 amide bonds. The second kappa shape index (κ2) is 7.46. The summed E-state index contributed by atoms with van der Waals surface area (Å²) in [5, 5.41) is 19.7. The minimum atomic E-state index is -0.936. The Hall–Kier alpha value is -2.59. The molecule has 1 aromatic carbocycles. The Morgan fingerprint density at radius 3 is 2.48 bits per heavy atom. The Labute approximate surface area is 197 Å². The number of rotatable bonds is 5. The minimum absolute atomic E-state index is 0.0302. The third-order valence-electron chi connectivity index (χ3n) is 7.84. The van der Waals surface area contributed by atoms with Gasteiger partial charge in [-0.15, -0.1) is 11.8 Å². The summed E-state index contributed by atoms with van der Waals surface area (Å²) in [7, 11) is 0. The maximum atomic E-state index is 13.3. The minimum Gasteiger partial charge on any atom is -0.508 e. The molecule has 10 heteroatoms. The molecular formula is C23H22N2O6S2. The molecular weight excluding hydrogens is 464 g/mol. The molecule has 3 N–H and O–H groups in total. The molecule has 0 radical (unpaired) electrons. The number of phenols is 1. The fraction of sp³-hybridized carbons (Fsp3) is 0.478. The van der Waals surface area contributed by atoms with E-state index in [1.807, 2.05) is 12.1 Å². The predicted octanol–water partition coefficient (Wildman–Crippen LogP) is 2.48. The van der Waals surface area contributed by atoms with E-state index in [9.17, 15) is 24.3 Å². The van der Waals surface area contributed by atoms with Gasteiger partial charge in [0.1, 0.15) is 5.75 Å². The van der Waals surface area contributed by atoms with Gasteiger partial charge in [-0.05, 0) is 48.3 Å². The van der Waals surface area contributed by atoms with Crippen LogP contribution in [0.2, 0.25) is 0 Å². The number of amides is 2. The van der Waals surface area contributed by atoms with Gasteiger partial charge in [0.15, 0.2) is 0 Å². The van der Waals surface area contributed by atoms with Crippen molar-refractivity contribution in [1.82, 2.24) is 9.88 Å². The van der Waals surface area contributed by atoms with Gasteiger partial charge in [-0.1, -0.05) is 23.5 Å². The van der Waals surface area contributed by atoms with Crippen LogP contribution in [-0.2, 0) is 14.4 Å². The van der Waals surface area contributed by atoms with Gasteiger partial charge in [-0.25, -0.2) is 0 Å². The highest BCUT2D eigenvalue weighted by Crippen LogP contribution is 2.68. The zero-order valence-corrected chi connectivity index (χ0v) is 19.1. The monoisotopic (exact) mass is 486 g/mol. The van der Waals surface area contributed by atoms with E-state index in [4.69, 9.17) is 5.11 Å². The molecule has 0 unspecified atom stereocenters. The first-order chi connectivity index (χ1) is 15.8. The Morgan fingerprint density at radius 1 is 1.09 bits per heavy atom. The predicted molar refractivity (Wildman–Crippen MR) is 120 cm³/mol. The maximum Gasteiger partial charge on any atom is 0.305 e. The van der Waals surface area contributed by atoms with Gasteiger partial charge in [-0.3, -0.25) is 24.1 Å². The zero-order valence-electron chi connectivity index (χ0n) is 17.5. The first-order valence-electron chi connectivity index (χ1n) is 11.1. The van der Waals surface area contributed by atoms with Crippen molar-refractivity contribution in [2.75, 3.05) is 6.54 Å². The fourth-order valence-electron chi connectivity index (χ4n) is 6.74. The van der Waals surface area contributed by atoms with E-state index in [1.54, 1.807) is 23.9 Å². The molecule has 8 nitrogen and oxygen atoms in total. The number of phenolic OH excluding ortho intramolecular Hbond substituents is 1. The number of carbonyl (C=O) groups is 3. The number of aliphatic carboxylic acids is 1. The standard InChI is InChI=1S/C23H22N2O6S2/c26-10-5-3-9(4-6-10)14-15-11-8-12(18(15)32-20-19(14)33-23(31)24-20)17-16(11)21(29)25(22(17)30)7-1-2-13(27)28/h3-6,11-12,14-18,26H,1-2,7-8H2,(H,24,31)(H,27,28)/t11-,12+,14-,15+,16+,17-,18-/m1/s1. The molecule has 172 valence electrons. The second-order valence-corrected chi connectivity index (χ2v) is 11.6. The SMILES string of the molecule is O=C(O)CCCN1C(=O)[C@@H]2[C@@H]3C[C@@H]([C@@H]2C1=O)[C@H]1[C@@H](c2ccc(O)cc2)c2sc(=O)[nH]c2S[C@H]31. The van der Waals surface area contributed by atoms with Crippen molar-refractivity contribution in [2.45, 2.75) is 35.5 Å². The molecule has 2 aromatic rings. The number of carbonyl (C=O) groups excluding carboxylic acids is 2. The van der Waals surface area contributed by atoms with Crippen molar-refractivity contribution in [3.8, 4) is 5.75 Å². The number of nitrogens with zero attached hydrogens (tertiary/aromatic N) is 1. The highest BCUT2D eigenvalue weighted by Gasteiger charge is 2.69. The van der Waals surface area contributed by atoms with Gasteiger partial charge in [0.25, 0.3) is 0 Å². The number of hydrogen-bond acceptors (Lipinski definition) is 7. The van der Waals surface area contributed by atoms with Crippen molar-refractivity contribution in [2.24, 2.45) is 29.6 Å². The number of carboxylic acid groups (broad SMARTS) is 1. The van der Waals surface area contributed by atoms with E-state index in [-0.39, 0.29) is 82.6 Å². The summed E-state index contributed by atoms with van der Waals surface area (Å²) < 4.78 is 0. The number of fused-ring (bicyclic) bond motifs is 9. The number of thiazole rings is 1. The normalized spacial score (nSPS) is 33.8. The van der Waals surface area contributed by atoms with Crippen LogP contribution in [0, 0.1) is 29.6 Å². The quantitative estimate of drug-likeness (QED) is 0.554. The van der Waals surface area contributed by atoms with Crippen molar-refractivity contribution >= 4 is 40.9 Å². The number of aromatic amines is 1. The first kappa shape index (κ1) is 21.0. The number of benzene rings is 1. The fourth-order valence-corrected chi connectivity index (χ4v) is 9.63. The topological polar surface area (TPSA) is 128 Å². The molecule has 3 fully saturated rings. The molecule has 0 spiro atoms. The van der Waals surface area contributed by atoms with Crippen LogP contribution >= 0.6 is 23.1 Å². The van der Waals surface area contributed by atoms with E-state index in [2.05, 4.69) is 4.98 Å². The molecule has 7 atom stereocenters. The Morgan fingerprint density at radius 2 is 1.79 bits per heavy atom. The Bertz CT molecular complexity index is 1220. The lowest BCUT2D eigenvalue weighted by Crippen LogP contribution is -2.42. The highest BCUT2D eigenvalue weighted by molar-refractivity contribution is 8.00. The third-order valence-corrected chi connectivity index (χ3v) is 10.4. The van der Waals surface area contributed by atoms with Crippen LogP contribution in [0.5, 0.6) is 5.75 Å². The maximum absolute atomic E-state index is 13.3. The van der Waals surface area contributed by atoms with Gasteiger partial charge in [0, 0.05) is 29.0 Å². The summed E-state index contributed by atoms with van der Waals surface area (Å²) in [6.07, 6.45) is 1.00. The number of carboxylic acids is 1. The molecule has 33 heavy (non-hydrogen) atoms. The second-order valence-electron chi connectivity index (χ2n) is 9.38. The van der Waals surface area contributed by atoms with Crippen LogP contribution in [0.3, 0.4) is 0 Å². The molecule has 2 saturated carbocycles. The van der Waals surface area contributed by atoms with Gasteiger partial charge in [-0.2, -0.15) is 0 Å². The van der Waals surface area contributed by atoms with E-state index >= 15 is 0 Å². The summed E-state index contributed by atoms with van der Waals surface area (Å²) in [5.41, 5.74) is 0.999. The average molecular weight is 487 g/mol. The molecule has 4 aliphatic rings. The van der Waals surface area contributed by atoms with Crippen LogP contribution in [0.4, 0.5) is 0 Å². The molecule has 2 aliphatic heterocycles. The van der Waals surface area contributed by atoms with Gasteiger partial charge < -0.3 is 15.2 Å². The number of H-pyrrole nitrogens is 1. The zero-order chi connectivity index (χ0) is 23.0. The molecule has 1 saturated heterocycles. The van der Waals surface area contributed by atoms with E-state index in [0.717, 1.165) is 21.9 Å². The lowest BCUT2D eigenvalue weighted by Gasteiger charge is -2.43. The average Bonchev–Trinajstić information content (AvgIpc) is 3.49. The van der Waals surface area contributed by atoms with E-state index in [1.165, 1.54) is 16.2 Å². The molecule has 1 aromatic heterocycles. The number of thioether (sulfide) groups is 1. The van der Waals surface area contributed by atoms with Crippen molar-refractivity contribution < 1.29 is 24.6 Å². The highest BCUT2D eigenvalue weighted by atomic mass is 32.2. The summed E-state index contributed by atoms with van der Waals surface area (Å²) in [4.78, 5) is 54.8.